The molecule has 31 heavy (non-hydrogen) atoms. The Morgan fingerprint density at radius 2 is 1.94 bits per heavy atom. The number of benzene rings is 2. The molecule has 3 rings (SSSR count). The van der Waals surface area contributed by atoms with Gasteiger partial charge in [0.15, 0.2) is 0 Å². The van der Waals surface area contributed by atoms with Crippen LogP contribution in [0.1, 0.15) is 23.0 Å². The molecular weight excluding hydrogens is 420 g/mol. The summed E-state index contributed by atoms with van der Waals surface area (Å²) in [6, 6.07) is 16.0. The molecule has 0 unspecified atom stereocenters. The molecule has 0 atom stereocenters. The van der Waals surface area contributed by atoms with E-state index in [1.54, 1.807) is 36.4 Å². The lowest BCUT2D eigenvalue weighted by molar-refractivity contribution is -0.112. The molecule has 0 aliphatic rings. The lowest BCUT2D eigenvalue weighted by Crippen LogP contribution is -2.13. The number of carboxylic acid groups (broad SMARTS) is 1. The van der Waals surface area contributed by atoms with Gasteiger partial charge in [0.05, 0.1) is 17.2 Å². The number of nitrogens with one attached hydrogen (secondary N) is 1. The highest BCUT2D eigenvalue weighted by atomic mass is 35.5. The summed E-state index contributed by atoms with van der Waals surface area (Å²) in [6.07, 6.45) is 1.29. The fourth-order valence-electron chi connectivity index (χ4n) is 2.71. The number of furan rings is 1. The number of nitriles is 1. The highest BCUT2D eigenvalue weighted by Crippen LogP contribution is 2.31. The van der Waals surface area contributed by atoms with Gasteiger partial charge in [-0.3, -0.25) is 4.79 Å². The van der Waals surface area contributed by atoms with E-state index in [9.17, 15) is 14.9 Å². The number of anilines is 1. The molecular formula is C23H17ClN2O5. The van der Waals surface area contributed by atoms with E-state index in [2.05, 4.69) is 5.32 Å². The summed E-state index contributed by atoms with van der Waals surface area (Å²) in [7, 11) is 0. The first-order chi connectivity index (χ1) is 14.9. The number of halogens is 1. The minimum Gasteiger partial charge on any atom is -0.494 e. The Labute approximate surface area is 183 Å². The standard InChI is InChI=1S/C23H17ClN2O5/c1-2-30-17-6-4-16(5-7-17)26-22(27)15(13-25)11-18-8-10-21(31-18)19-12-14(23(28)29)3-9-20(19)24/h3-12H,2H2,1H3,(H,26,27)(H,28,29). The van der Waals surface area contributed by atoms with Gasteiger partial charge in [-0.2, -0.15) is 5.26 Å². The third-order valence-electron chi connectivity index (χ3n) is 4.18. The SMILES string of the molecule is CCOc1ccc(NC(=O)C(C#N)=Cc2ccc(-c3cc(C(=O)O)ccc3Cl)o2)cc1. The summed E-state index contributed by atoms with van der Waals surface area (Å²) in [5.74, 6) is -0.475. The van der Waals surface area contributed by atoms with E-state index in [1.165, 1.54) is 24.3 Å². The van der Waals surface area contributed by atoms with Crippen LogP contribution < -0.4 is 10.1 Å². The third kappa shape index (κ3) is 5.32. The van der Waals surface area contributed by atoms with Crippen LogP contribution >= 0.6 is 11.6 Å². The number of amides is 1. The molecule has 0 aliphatic carbocycles. The zero-order chi connectivity index (χ0) is 22.4. The fraction of sp³-hybridized carbons (Fsp3) is 0.0870. The fourth-order valence-corrected chi connectivity index (χ4v) is 2.92. The number of aromatic carboxylic acids is 1. The maximum Gasteiger partial charge on any atom is 0.335 e. The number of rotatable bonds is 7. The van der Waals surface area contributed by atoms with Crippen LogP contribution in [0.5, 0.6) is 5.75 Å². The van der Waals surface area contributed by atoms with Crippen molar-refractivity contribution >= 4 is 35.2 Å². The van der Waals surface area contributed by atoms with Gasteiger partial charge in [-0.25, -0.2) is 4.79 Å². The summed E-state index contributed by atoms with van der Waals surface area (Å²) in [6.45, 7) is 2.40. The Morgan fingerprint density at radius 3 is 2.58 bits per heavy atom. The predicted molar refractivity (Wildman–Crippen MR) is 116 cm³/mol. The number of carbonyl (C=O) groups is 2. The van der Waals surface area contributed by atoms with Crippen LogP contribution in [-0.2, 0) is 4.79 Å². The predicted octanol–water partition coefficient (Wildman–Crippen LogP) is 5.24. The number of ether oxygens (including phenoxy) is 1. The zero-order valence-electron chi connectivity index (χ0n) is 16.4. The Hall–Kier alpha value is -4.02. The molecule has 0 aliphatic heterocycles. The molecule has 1 heterocycles. The van der Waals surface area contributed by atoms with Gasteiger partial charge in [-0.05, 0) is 61.5 Å². The molecule has 0 fully saturated rings. The van der Waals surface area contributed by atoms with E-state index in [1.807, 2.05) is 13.0 Å². The van der Waals surface area contributed by atoms with Crippen LogP contribution in [0.2, 0.25) is 5.02 Å². The molecule has 156 valence electrons. The largest absolute Gasteiger partial charge is 0.494 e. The highest BCUT2D eigenvalue weighted by Gasteiger charge is 2.14. The van der Waals surface area contributed by atoms with E-state index in [0.29, 0.717) is 34.4 Å². The number of carboxylic acids is 1. The van der Waals surface area contributed by atoms with Crippen molar-refractivity contribution in [2.45, 2.75) is 6.92 Å². The molecule has 1 amide bonds. The molecule has 0 saturated heterocycles. The summed E-state index contributed by atoms with van der Waals surface area (Å²) in [5, 5.41) is 21.5. The molecule has 0 spiro atoms. The summed E-state index contributed by atoms with van der Waals surface area (Å²) in [5.41, 5.74) is 0.783. The lowest BCUT2D eigenvalue weighted by Gasteiger charge is -2.06. The first-order valence-electron chi connectivity index (χ1n) is 9.20. The first kappa shape index (κ1) is 21.7. The second-order valence-corrected chi connectivity index (χ2v) is 6.69. The van der Waals surface area contributed by atoms with Crippen molar-refractivity contribution < 1.29 is 23.8 Å². The monoisotopic (exact) mass is 436 g/mol. The van der Waals surface area contributed by atoms with Crippen molar-refractivity contribution in [1.29, 1.82) is 5.26 Å². The van der Waals surface area contributed by atoms with E-state index in [0.717, 1.165) is 0 Å². The average molecular weight is 437 g/mol. The highest BCUT2D eigenvalue weighted by molar-refractivity contribution is 6.33. The van der Waals surface area contributed by atoms with Crippen molar-refractivity contribution in [3.8, 4) is 23.1 Å². The van der Waals surface area contributed by atoms with E-state index >= 15 is 0 Å². The first-order valence-corrected chi connectivity index (χ1v) is 9.58. The van der Waals surface area contributed by atoms with Crippen LogP contribution in [0.25, 0.3) is 17.4 Å². The minimum atomic E-state index is -1.10. The third-order valence-corrected chi connectivity index (χ3v) is 4.51. The maximum atomic E-state index is 12.4. The van der Waals surface area contributed by atoms with E-state index < -0.39 is 11.9 Å². The second-order valence-electron chi connectivity index (χ2n) is 6.28. The molecule has 2 N–H and O–H groups in total. The maximum absolute atomic E-state index is 12.4. The molecule has 0 saturated carbocycles. The van der Waals surface area contributed by atoms with Crippen LogP contribution in [0, 0.1) is 11.3 Å². The van der Waals surface area contributed by atoms with Crippen LogP contribution in [0.4, 0.5) is 5.69 Å². The quantitative estimate of drug-likeness (QED) is 0.386. The van der Waals surface area contributed by atoms with Crippen LogP contribution in [0.3, 0.4) is 0 Å². The van der Waals surface area contributed by atoms with Crippen LogP contribution in [0.15, 0.2) is 64.6 Å². The molecule has 0 radical (unpaired) electrons. The normalized spacial score (nSPS) is 10.9. The van der Waals surface area contributed by atoms with Gasteiger partial charge in [0.25, 0.3) is 5.91 Å². The summed E-state index contributed by atoms with van der Waals surface area (Å²) >= 11 is 6.16. The number of nitrogens with zero attached hydrogens (tertiary/aromatic N) is 1. The topological polar surface area (TPSA) is 113 Å². The van der Waals surface area contributed by atoms with Crippen molar-refractivity contribution in [1.82, 2.24) is 0 Å². The van der Waals surface area contributed by atoms with Gasteiger partial charge in [-0.15, -0.1) is 0 Å². The Bertz CT molecular complexity index is 1190. The van der Waals surface area contributed by atoms with Gasteiger partial charge in [0.2, 0.25) is 0 Å². The van der Waals surface area contributed by atoms with Gasteiger partial charge in [-0.1, -0.05) is 11.6 Å². The lowest BCUT2D eigenvalue weighted by atomic mass is 10.1. The number of hydrogen-bond acceptors (Lipinski definition) is 5. The van der Waals surface area contributed by atoms with Crippen molar-refractivity contribution in [3.05, 3.63) is 76.5 Å². The molecule has 1 aromatic heterocycles. The molecule has 8 heteroatoms. The van der Waals surface area contributed by atoms with Crippen LogP contribution in [-0.4, -0.2) is 23.6 Å². The van der Waals surface area contributed by atoms with Crippen molar-refractivity contribution in [2.24, 2.45) is 0 Å². The van der Waals surface area contributed by atoms with Gasteiger partial charge in [0, 0.05) is 17.3 Å². The van der Waals surface area contributed by atoms with Crippen molar-refractivity contribution in [2.75, 3.05) is 11.9 Å². The smallest absolute Gasteiger partial charge is 0.335 e. The Balaban J connectivity index is 1.80. The molecule has 2 aromatic carbocycles. The second kappa shape index (κ2) is 9.65. The minimum absolute atomic E-state index is 0.0559. The molecule has 7 nitrogen and oxygen atoms in total. The van der Waals surface area contributed by atoms with Gasteiger partial charge >= 0.3 is 5.97 Å². The number of carbonyl (C=O) groups excluding carboxylic acids is 1. The summed E-state index contributed by atoms with van der Waals surface area (Å²) < 4.78 is 11.0. The van der Waals surface area contributed by atoms with Crippen molar-refractivity contribution in [3.63, 3.8) is 0 Å². The summed E-state index contributed by atoms with van der Waals surface area (Å²) in [4.78, 5) is 23.6. The van der Waals surface area contributed by atoms with E-state index in [4.69, 9.17) is 25.9 Å². The zero-order valence-corrected chi connectivity index (χ0v) is 17.1. The average Bonchev–Trinajstić information content (AvgIpc) is 3.22. The van der Waals surface area contributed by atoms with Gasteiger partial charge < -0.3 is 19.6 Å². The number of hydrogen-bond donors (Lipinski definition) is 2. The molecule has 0 bridgehead atoms. The Morgan fingerprint density at radius 1 is 1.19 bits per heavy atom. The van der Waals surface area contributed by atoms with E-state index in [-0.39, 0.29) is 16.9 Å². The molecule has 3 aromatic rings. The van der Waals surface area contributed by atoms with Gasteiger partial charge in [0.1, 0.15) is 28.9 Å². The Kier molecular flexibility index (Phi) is 6.75.